The van der Waals surface area contributed by atoms with Crippen LogP contribution in [0.25, 0.3) is 0 Å². The van der Waals surface area contributed by atoms with E-state index in [-0.39, 0.29) is 6.04 Å². The second-order valence-corrected chi connectivity index (χ2v) is 4.15. The summed E-state index contributed by atoms with van der Waals surface area (Å²) in [6, 6.07) is 5.60. The Morgan fingerprint density at radius 1 is 1.46 bits per heavy atom. The van der Waals surface area contributed by atoms with Crippen molar-refractivity contribution in [2.24, 2.45) is 5.73 Å². The standard InChI is InChI=1S/C10H14BrNO/c1-6-3-4-8(9(11)5-6)10(12)7(2)13/h3-5,7,10,13H,12H2,1-2H3/t7-,10+/m1/s1. The largest absolute Gasteiger partial charge is 0.391 e. The van der Waals surface area contributed by atoms with Crippen LogP contribution in [-0.2, 0) is 0 Å². The molecule has 0 heterocycles. The Hall–Kier alpha value is -0.380. The summed E-state index contributed by atoms with van der Waals surface area (Å²) >= 11 is 3.42. The van der Waals surface area contributed by atoms with Gasteiger partial charge in [0.15, 0.2) is 0 Å². The zero-order chi connectivity index (χ0) is 10.0. The van der Waals surface area contributed by atoms with Crippen molar-refractivity contribution in [2.75, 3.05) is 0 Å². The van der Waals surface area contributed by atoms with E-state index in [1.54, 1.807) is 6.92 Å². The molecule has 0 aliphatic carbocycles. The van der Waals surface area contributed by atoms with Gasteiger partial charge in [0.1, 0.15) is 0 Å². The van der Waals surface area contributed by atoms with Crippen LogP contribution >= 0.6 is 15.9 Å². The van der Waals surface area contributed by atoms with Crippen LogP contribution in [-0.4, -0.2) is 11.2 Å². The highest BCUT2D eigenvalue weighted by Gasteiger charge is 2.14. The molecule has 1 rings (SSSR count). The molecule has 0 radical (unpaired) electrons. The lowest BCUT2D eigenvalue weighted by Gasteiger charge is -2.16. The molecule has 2 atom stereocenters. The highest BCUT2D eigenvalue weighted by Crippen LogP contribution is 2.24. The first-order chi connectivity index (χ1) is 6.02. The summed E-state index contributed by atoms with van der Waals surface area (Å²) in [5.41, 5.74) is 7.93. The molecule has 0 spiro atoms. The van der Waals surface area contributed by atoms with Gasteiger partial charge in [-0.15, -0.1) is 0 Å². The molecule has 0 bridgehead atoms. The number of nitrogens with two attached hydrogens (primary N) is 1. The molecule has 72 valence electrons. The van der Waals surface area contributed by atoms with E-state index in [9.17, 15) is 5.11 Å². The normalized spacial score (nSPS) is 15.5. The smallest absolute Gasteiger partial charge is 0.0705 e. The van der Waals surface area contributed by atoms with Gasteiger partial charge in [0.2, 0.25) is 0 Å². The van der Waals surface area contributed by atoms with E-state index in [2.05, 4.69) is 15.9 Å². The molecule has 0 aromatic heterocycles. The monoisotopic (exact) mass is 243 g/mol. The summed E-state index contributed by atoms with van der Waals surface area (Å²) in [6.45, 7) is 3.71. The summed E-state index contributed by atoms with van der Waals surface area (Å²) in [5, 5.41) is 9.32. The number of hydrogen-bond acceptors (Lipinski definition) is 2. The van der Waals surface area contributed by atoms with Crippen LogP contribution in [0.4, 0.5) is 0 Å². The second-order valence-electron chi connectivity index (χ2n) is 3.29. The van der Waals surface area contributed by atoms with Gasteiger partial charge in [0.05, 0.1) is 12.1 Å². The highest BCUT2D eigenvalue weighted by atomic mass is 79.9. The van der Waals surface area contributed by atoms with Gasteiger partial charge in [0, 0.05) is 4.47 Å². The Morgan fingerprint density at radius 2 is 2.08 bits per heavy atom. The molecule has 0 unspecified atom stereocenters. The Labute approximate surface area is 86.9 Å². The first-order valence-corrected chi connectivity index (χ1v) is 5.01. The minimum Gasteiger partial charge on any atom is -0.391 e. The SMILES string of the molecule is Cc1ccc([C@@H](N)[C@@H](C)O)c(Br)c1. The highest BCUT2D eigenvalue weighted by molar-refractivity contribution is 9.10. The molecule has 0 amide bonds. The molecule has 1 aromatic carbocycles. The lowest BCUT2D eigenvalue weighted by Crippen LogP contribution is -2.23. The van der Waals surface area contributed by atoms with Crippen molar-refractivity contribution in [1.82, 2.24) is 0 Å². The number of hydrogen-bond donors (Lipinski definition) is 2. The fraction of sp³-hybridized carbons (Fsp3) is 0.400. The summed E-state index contributed by atoms with van der Waals surface area (Å²) < 4.78 is 0.959. The molecule has 0 aliphatic rings. The number of benzene rings is 1. The molecular formula is C10H14BrNO. The van der Waals surface area contributed by atoms with Crippen molar-refractivity contribution in [1.29, 1.82) is 0 Å². The van der Waals surface area contributed by atoms with Crippen LogP contribution in [0.15, 0.2) is 22.7 Å². The quantitative estimate of drug-likeness (QED) is 0.837. The minimum absolute atomic E-state index is 0.324. The van der Waals surface area contributed by atoms with Gasteiger partial charge in [-0.3, -0.25) is 0 Å². The summed E-state index contributed by atoms with van der Waals surface area (Å²) in [5.74, 6) is 0. The third kappa shape index (κ3) is 2.53. The van der Waals surface area contributed by atoms with Crippen LogP contribution in [0.1, 0.15) is 24.1 Å². The van der Waals surface area contributed by atoms with Crippen molar-refractivity contribution in [3.8, 4) is 0 Å². The molecule has 3 heteroatoms. The Bertz CT molecular complexity index is 299. The van der Waals surface area contributed by atoms with Crippen LogP contribution in [0, 0.1) is 6.92 Å². The number of rotatable bonds is 2. The molecule has 2 nitrogen and oxygen atoms in total. The van der Waals surface area contributed by atoms with E-state index in [1.165, 1.54) is 5.56 Å². The zero-order valence-corrected chi connectivity index (χ0v) is 9.38. The molecular weight excluding hydrogens is 230 g/mol. The van der Waals surface area contributed by atoms with Crippen LogP contribution < -0.4 is 5.73 Å². The summed E-state index contributed by atoms with van der Waals surface area (Å²) in [7, 11) is 0. The summed E-state index contributed by atoms with van der Waals surface area (Å²) in [6.07, 6.45) is -0.529. The minimum atomic E-state index is -0.529. The topological polar surface area (TPSA) is 46.2 Å². The molecule has 3 N–H and O–H groups in total. The van der Waals surface area contributed by atoms with E-state index in [4.69, 9.17) is 5.73 Å². The van der Waals surface area contributed by atoms with E-state index in [0.717, 1.165) is 10.0 Å². The van der Waals surface area contributed by atoms with Gasteiger partial charge in [0.25, 0.3) is 0 Å². The van der Waals surface area contributed by atoms with Gasteiger partial charge in [-0.1, -0.05) is 28.1 Å². The predicted octanol–water partition coefficient (Wildman–Crippen LogP) is 2.14. The van der Waals surface area contributed by atoms with Gasteiger partial charge in [-0.05, 0) is 31.0 Å². The first kappa shape index (κ1) is 10.7. The van der Waals surface area contributed by atoms with Gasteiger partial charge >= 0.3 is 0 Å². The van der Waals surface area contributed by atoms with Crippen LogP contribution in [0.5, 0.6) is 0 Å². The van der Waals surface area contributed by atoms with Crippen molar-refractivity contribution in [2.45, 2.75) is 26.0 Å². The molecule has 0 saturated heterocycles. The maximum absolute atomic E-state index is 9.32. The molecule has 0 fully saturated rings. The average Bonchev–Trinajstić information content (AvgIpc) is 2.03. The van der Waals surface area contributed by atoms with E-state index in [0.29, 0.717) is 0 Å². The number of halogens is 1. The molecule has 1 aromatic rings. The van der Waals surface area contributed by atoms with Crippen molar-refractivity contribution in [3.63, 3.8) is 0 Å². The zero-order valence-electron chi connectivity index (χ0n) is 7.79. The van der Waals surface area contributed by atoms with Gasteiger partial charge in [-0.2, -0.15) is 0 Å². The number of aliphatic hydroxyl groups is 1. The fourth-order valence-electron chi connectivity index (χ4n) is 1.16. The lowest BCUT2D eigenvalue weighted by atomic mass is 10.0. The van der Waals surface area contributed by atoms with Crippen LogP contribution in [0.3, 0.4) is 0 Å². The van der Waals surface area contributed by atoms with Crippen molar-refractivity contribution < 1.29 is 5.11 Å². The van der Waals surface area contributed by atoms with Crippen molar-refractivity contribution in [3.05, 3.63) is 33.8 Å². The van der Waals surface area contributed by atoms with E-state index < -0.39 is 6.10 Å². The fourth-order valence-corrected chi connectivity index (χ4v) is 1.92. The van der Waals surface area contributed by atoms with Gasteiger partial charge < -0.3 is 10.8 Å². The maximum atomic E-state index is 9.32. The van der Waals surface area contributed by atoms with Gasteiger partial charge in [-0.25, -0.2) is 0 Å². The second kappa shape index (κ2) is 4.22. The first-order valence-electron chi connectivity index (χ1n) is 4.22. The van der Waals surface area contributed by atoms with E-state index >= 15 is 0 Å². The molecule has 0 saturated carbocycles. The Balaban J connectivity index is 3.01. The Kier molecular flexibility index (Phi) is 3.47. The van der Waals surface area contributed by atoms with Crippen molar-refractivity contribution >= 4 is 15.9 Å². The number of aryl methyl sites for hydroxylation is 1. The Morgan fingerprint density at radius 3 is 2.54 bits per heavy atom. The average molecular weight is 244 g/mol. The third-order valence-electron chi connectivity index (χ3n) is 2.03. The van der Waals surface area contributed by atoms with E-state index in [1.807, 2.05) is 25.1 Å². The summed E-state index contributed by atoms with van der Waals surface area (Å²) in [4.78, 5) is 0. The third-order valence-corrected chi connectivity index (χ3v) is 2.72. The predicted molar refractivity (Wildman–Crippen MR) is 57.5 cm³/mol. The van der Waals surface area contributed by atoms with Crippen LogP contribution in [0.2, 0.25) is 0 Å². The molecule has 13 heavy (non-hydrogen) atoms. The lowest BCUT2D eigenvalue weighted by molar-refractivity contribution is 0.164. The number of aliphatic hydroxyl groups excluding tert-OH is 1. The maximum Gasteiger partial charge on any atom is 0.0705 e. The molecule has 0 aliphatic heterocycles.